The molecule has 12 heavy (non-hydrogen) atoms. The highest BCUT2D eigenvalue weighted by Gasteiger charge is 2.38. The fourth-order valence-electron chi connectivity index (χ4n) is 0.811. The van der Waals surface area contributed by atoms with Gasteiger partial charge in [0.25, 0.3) is 0 Å². The summed E-state index contributed by atoms with van der Waals surface area (Å²) in [7, 11) is 0. The fourth-order valence-corrected chi connectivity index (χ4v) is 1.26. The van der Waals surface area contributed by atoms with Crippen molar-refractivity contribution in [1.29, 1.82) is 0 Å². The summed E-state index contributed by atoms with van der Waals surface area (Å²) >= 11 is 10.8. The maximum absolute atomic E-state index is 11.0. The van der Waals surface area contributed by atoms with Crippen LogP contribution in [0, 0.1) is 0 Å². The van der Waals surface area contributed by atoms with Crippen LogP contribution in [0.15, 0.2) is 10.6 Å². The molecule has 1 rings (SSSR count). The van der Waals surface area contributed by atoms with Gasteiger partial charge in [0.15, 0.2) is 11.2 Å². The minimum atomic E-state index is -1.39. The first kappa shape index (κ1) is 9.42. The maximum Gasteiger partial charge on any atom is 0.242 e. The molecule has 5 heteroatoms. The Kier molecular flexibility index (Phi) is 2.35. The number of carbonyl (C=O) groups excluding carboxylic acids is 3. The lowest BCUT2D eigenvalue weighted by molar-refractivity contribution is -0.136. The Labute approximate surface area is 78.3 Å². The number of rotatable bonds is 0. The summed E-state index contributed by atoms with van der Waals surface area (Å²) in [5, 5.41) is -1.71. The maximum atomic E-state index is 11.0. The molecule has 0 heterocycles. The molecular formula is C7H4Cl2O3. The van der Waals surface area contributed by atoms with Crippen molar-refractivity contribution in [2.75, 3.05) is 0 Å². The number of halogens is 2. The van der Waals surface area contributed by atoms with Gasteiger partial charge in [-0.2, -0.15) is 0 Å². The highest BCUT2D eigenvalue weighted by atomic mass is 35.5. The second-order valence-corrected chi connectivity index (χ2v) is 3.17. The van der Waals surface area contributed by atoms with E-state index >= 15 is 0 Å². The van der Waals surface area contributed by atoms with Gasteiger partial charge < -0.3 is 0 Å². The normalized spacial score (nSPS) is 25.2. The number of hydrogen-bond acceptors (Lipinski definition) is 3. The van der Waals surface area contributed by atoms with E-state index in [1.165, 1.54) is 6.92 Å². The third-order valence-electron chi connectivity index (χ3n) is 1.58. The number of ketones is 3. The molecule has 1 aliphatic carbocycles. The average molecular weight is 207 g/mol. The van der Waals surface area contributed by atoms with Crippen molar-refractivity contribution >= 4 is 40.6 Å². The first-order valence-corrected chi connectivity index (χ1v) is 3.91. The third-order valence-corrected chi connectivity index (χ3v) is 2.43. The number of hydrogen-bond donors (Lipinski definition) is 0. The molecule has 1 unspecified atom stereocenters. The molecule has 0 aromatic carbocycles. The van der Waals surface area contributed by atoms with E-state index in [0.29, 0.717) is 0 Å². The van der Waals surface area contributed by atoms with Crippen molar-refractivity contribution in [3.05, 3.63) is 10.6 Å². The molecule has 0 amide bonds. The van der Waals surface area contributed by atoms with Gasteiger partial charge in [-0.3, -0.25) is 14.4 Å². The molecule has 1 atom stereocenters. The Morgan fingerprint density at radius 3 is 2.17 bits per heavy atom. The topological polar surface area (TPSA) is 51.2 Å². The van der Waals surface area contributed by atoms with E-state index in [0.717, 1.165) is 0 Å². The number of alkyl halides is 1. The molecule has 0 spiro atoms. The van der Waals surface area contributed by atoms with E-state index < -0.39 is 22.7 Å². The second kappa shape index (κ2) is 2.99. The number of Topliss-reactive ketones (excluding diaryl/α,β-unsaturated/α-hetero) is 3. The van der Waals surface area contributed by atoms with Crippen LogP contribution >= 0.6 is 23.2 Å². The van der Waals surface area contributed by atoms with Gasteiger partial charge in [-0.1, -0.05) is 11.6 Å². The molecule has 64 valence electrons. The van der Waals surface area contributed by atoms with Crippen LogP contribution in [-0.2, 0) is 14.4 Å². The summed E-state index contributed by atoms with van der Waals surface area (Å²) in [6.45, 7) is 1.37. The van der Waals surface area contributed by atoms with Crippen LogP contribution in [0.2, 0.25) is 0 Å². The van der Waals surface area contributed by atoms with Crippen LogP contribution in [0.5, 0.6) is 0 Å². The minimum Gasteiger partial charge on any atom is -0.292 e. The Hall–Kier alpha value is -0.670. The summed E-state index contributed by atoms with van der Waals surface area (Å²) in [4.78, 5) is 32.8. The van der Waals surface area contributed by atoms with Gasteiger partial charge in [0.2, 0.25) is 11.6 Å². The molecule has 0 saturated carbocycles. The fraction of sp³-hybridized carbons (Fsp3) is 0.286. The molecule has 0 N–H and O–H groups in total. The van der Waals surface area contributed by atoms with E-state index in [-0.39, 0.29) is 10.6 Å². The van der Waals surface area contributed by atoms with Crippen LogP contribution in [0.3, 0.4) is 0 Å². The first-order valence-electron chi connectivity index (χ1n) is 3.10. The molecule has 0 saturated heterocycles. The zero-order valence-corrected chi connectivity index (χ0v) is 7.57. The summed E-state index contributed by atoms with van der Waals surface area (Å²) in [5.74, 6) is -2.42. The Morgan fingerprint density at radius 2 is 1.67 bits per heavy atom. The summed E-state index contributed by atoms with van der Waals surface area (Å²) < 4.78 is 0. The first-order chi connectivity index (χ1) is 5.46. The van der Waals surface area contributed by atoms with Crippen molar-refractivity contribution in [1.82, 2.24) is 0 Å². The van der Waals surface area contributed by atoms with Gasteiger partial charge >= 0.3 is 0 Å². The van der Waals surface area contributed by atoms with Crippen molar-refractivity contribution in [3.8, 4) is 0 Å². The third kappa shape index (κ3) is 1.19. The Bertz CT molecular complexity index is 317. The van der Waals surface area contributed by atoms with E-state index in [9.17, 15) is 14.4 Å². The van der Waals surface area contributed by atoms with Crippen LogP contribution in [0.1, 0.15) is 6.92 Å². The lowest BCUT2D eigenvalue weighted by Gasteiger charge is -2.13. The molecule has 0 aliphatic heterocycles. The van der Waals surface area contributed by atoms with E-state index in [4.69, 9.17) is 23.2 Å². The largest absolute Gasteiger partial charge is 0.292 e. The van der Waals surface area contributed by atoms with Crippen molar-refractivity contribution in [3.63, 3.8) is 0 Å². The van der Waals surface area contributed by atoms with Crippen molar-refractivity contribution in [2.45, 2.75) is 12.3 Å². The highest BCUT2D eigenvalue weighted by Crippen LogP contribution is 2.22. The van der Waals surface area contributed by atoms with E-state index in [1.807, 2.05) is 0 Å². The molecule has 0 aromatic heterocycles. The lowest BCUT2D eigenvalue weighted by Crippen LogP contribution is -2.37. The SMILES string of the molecule is CC1=C(Cl)C(=O)C(=O)C(Cl)C1=O. The van der Waals surface area contributed by atoms with Crippen LogP contribution in [-0.4, -0.2) is 22.7 Å². The smallest absolute Gasteiger partial charge is 0.242 e. The molecule has 3 nitrogen and oxygen atoms in total. The lowest BCUT2D eigenvalue weighted by atomic mass is 9.96. The van der Waals surface area contributed by atoms with Crippen LogP contribution < -0.4 is 0 Å². The van der Waals surface area contributed by atoms with Crippen molar-refractivity contribution in [2.24, 2.45) is 0 Å². The van der Waals surface area contributed by atoms with Gasteiger partial charge in [-0.05, 0) is 6.92 Å². The molecule has 0 radical (unpaired) electrons. The molecule has 1 aliphatic rings. The highest BCUT2D eigenvalue weighted by molar-refractivity contribution is 6.69. The summed E-state index contributed by atoms with van der Waals surface area (Å²) in [6, 6.07) is 0. The van der Waals surface area contributed by atoms with Gasteiger partial charge in [0.05, 0.1) is 5.03 Å². The Balaban J connectivity index is 3.27. The zero-order chi connectivity index (χ0) is 9.46. The van der Waals surface area contributed by atoms with Crippen LogP contribution in [0.25, 0.3) is 0 Å². The van der Waals surface area contributed by atoms with Gasteiger partial charge in [0, 0.05) is 5.57 Å². The minimum absolute atomic E-state index is 0.0567. The molecule has 0 fully saturated rings. The Morgan fingerprint density at radius 1 is 1.17 bits per heavy atom. The monoisotopic (exact) mass is 206 g/mol. The standard InChI is InChI=1S/C7H4Cl2O3/c1-2-3(8)6(11)7(12)4(9)5(2)10/h4H,1H3. The molecule has 0 bridgehead atoms. The number of carbonyl (C=O) groups is 3. The zero-order valence-electron chi connectivity index (χ0n) is 6.06. The molecule has 0 aromatic rings. The molecular weight excluding hydrogens is 203 g/mol. The van der Waals surface area contributed by atoms with E-state index in [2.05, 4.69) is 0 Å². The number of allylic oxidation sites excluding steroid dienone is 2. The van der Waals surface area contributed by atoms with Gasteiger partial charge in [-0.25, -0.2) is 0 Å². The predicted molar refractivity (Wildman–Crippen MR) is 43.2 cm³/mol. The summed E-state index contributed by atoms with van der Waals surface area (Å²) in [6.07, 6.45) is 0. The van der Waals surface area contributed by atoms with Crippen LogP contribution in [0.4, 0.5) is 0 Å². The quantitative estimate of drug-likeness (QED) is 0.335. The summed E-state index contributed by atoms with van der Waals surface area (Å²) in [5.41, 5.74) is 0.0567. The predicted octanol–water partition coefficient (Wildman–Crippen LogP) is 0.828. The van der Waals surface area contributed by atoms with E-state index in [1.54, 1.807) is 0 Å². The van der Waals surface area contributed by atoms with Gasteiger partial charge in [-0.15, -0.1) is 11.6 Å². The second-order valence-electron chi connectivity index (χ2n) is 2.36. The average Bonchev–Trinajstić information content (AvgIpc) is 2.08. The van der Waals surface area contributed by atoms with Gasteiger partial charge in [0.1, 0.15) is 0 Å². The van der Waals surface area contributed by atoms with Crippen molar-refractivity contribution < 1.29 is 14.4 Å².